The summed E-state index contributed by atoms with van der Waals surface area (Å²) in [5.74, 6) is -0.528. The Morgan fingerprint density at radius 1 is 1.16 bits per heavy atom. The summed E-state index contributed by atoms with van der Waals surface area (Å²) < 4.78 is 0.888. The second-order valence-electron chi connectivity index (χ2n) is 4.39. The van der Waals surface area contributed by atoms with E-state index in [-0.39, 0.29) is 24.8 Å². The lowest BCUT2D eigenvalue weighted by Gasteiger charge is -2.33. The molecule has 1 N–H and O–H groups in total. The Hall–Kier alpha value is -1.89. The summed E-state index contributed by atoms with van der Waals surface area (Å²) in [6.07, 6.45) is 0.204. The Morgan fingerprint density at radius 2 is 1.95 bits per heavy atom. The number of nitrogens with zero attached hydrogens (tertiary/aromatic N) is 2. The fraction of sp³-hybridized carbons (Fsp3) is 0.250. The molecule has 1 saturated heterocycles. The summed E-state index contributed by atoms with van der Waals surface area (Å²) in [6, 6.07) is 4.84. The Kier molecular flexibility index (Phi) is 2.78. The van der Waals surface area contributed by atoms with Crippen molar-refractivity contribution < 1.29 is 14.4 Å². The second-order valence-corrected chi connectivity index (χ2v) is 5.31. The number of benzene rings is 1. The van der Waals surface area contributed by atoms with E-state index in [9.17, 15) is 14.4 Å². The van der Waals surface area contributed by atoms with Crippen LogP contribution < -0.4 is 5.32 Å². The molecule has 0 bridgehead atoms. The number of rotatable bonds is 1. The maximum atomic E-state index is 12.2. The molecule has 2 heterocycles. The molecule has 0 atom stereocenters. The van der Waals surface area contributed by atoms with Crippen molar-refractivity contribution in [3.05, 3.63) is 33.8 Å². The molecule has 0 spiro atoms. The summed E-state index contributed by atoms with van der Waals surface area (Å²) in [5.41, 5.74) is 1.46. The first-order chi connectivity index (χ1) is 9.06. The van der Waals surface area contributed by atoms with Gasteiger partial charge < -0.3 is 0 Å². The molecule has 3 rings (SSSR count). The first kappa shape index (κ1) is 12.2. The molecule has 1 fully saturated rings. The molecule has 0 aliphatic carbocycles. The predicted molar refractivity (Wildman–Crippen MR) is 68.9 cm³/mol. The highest BCUT2D eigenvalue weighted by molar-refractivity contribution is 9.10. The smallest absolute Gasteiger partial charge is 0.276 e. The molecular weight excluding hydrogens is 314 g/mol. The second kappa shape index (κ2) is 4.34. The van der Waals surface area contributed by atoms with Gasteiger partial charge in [-0.25, -0.2) is 14.8 Å². The number of urea groups is 1. The Labute approximate surface area is 117 Å². The molecule has 19 heavy (non-hydrogen) atoms. The van der Waals surface area contributed by atoms with Gasteiger partial charge in [-0.3, -0.25) is 14.9 Å². The van der Waals surface area contributed by atoms with Gasteiger partial charge in [-0.05, 0) is 23.8 Å². The SMILES string of the molecule is O=C1CCN(N2Cc3cc(Br)ccc3C2=O)C(=O)N1. The van der Waals surface area contributed by atoms with E-state index in [2.05, 4.69) is 21.2 Å². The van der Waals surface area contributed by atoms with Gasteiger partial charge in [0.25, 0.3) is 5.91 Å². The topological polar surface area (TPSA) is 69.7 Å². The molecule has 1 aromatic carbocycles. The van der Waals surface area contributed by atoms with Crippen molar-refractivity contribution in [2.75, 3.05) is 6.54 Å². The van der Waals surface area contributed by atoms with E-state index in [1.165, 1.54) is 10.0 Å². The summed E-state index contributed by atoms with van der Waals surface area (Å²) in [6.45, 7) is 0.570. The first-order valence-electron chi connectivity index (χ1n) is 5.78. The third-order valence-electron chi connectivity index (χ3n) is 3.18. The maximum absolute atomic E-state index is 12.2. The zero-order valence-electron chi connectivity index (χ0n) is 9.85. The van der Waals surface area contributed by atoms with Crippen molar-refractivity contribution in [3.63, 3.8) is 0 Å². The molecule has 2 aliphatic rings. The normalized spacial score (nSPS) is 18.7. The number of nitrogens with one attached hydrogen (secondary N) is 1. The summed E-state index contributed by atoms with van der Waals surface area (Å²) in [4.78, 5) is 35.1. The van der Waals surface area contributed by atoms with Crippen LogP contribution in [0.1, 0.15) is 22.3 Å². The highest BCUT2D eigenvalue weighted by atomic mass is 79.9. The number of amides is 4. The van der Waals surface area contributed by atoms with Crippen LogP contribution in [0.3, 0.4) is 0 Å². The molecule has 1 aromatic rings. The molecule has 7 heteroatoms. The number of hydrogen-bond acceptors (Lipinski definition) is 3. The lowest BCUT2D eigenvalue weighted by Crippen LogP contribution is -2.56. The molecule has 6 nitrogen and oxygen atoms in total. The van der Waals surface area contributed by atoms with Crippen LogP contribution >= 0.6 is 15.9 Å². The van der Waals surface area contributed by atoms with Crippen LogP contribution in [0.5, 0.6) is 0 Å². The third kappa shape index (κ3) is 1.99. The van der Waals surface area contributed by atoms with Crippen LogP contribution in [-0.4, -0.2) is 34.4 Å². The van der Waals surface area contributed by atoms with Crippen LogP contribution in [0.2, 0.25) is 0 Å². The average molecular weight is 324 g/mol. The molecule has 98 valence electrons. The summed E-state index contributed by atoms with van der Waals surface area (Å²) >= 11 is 3.35. The number of carbonyl (C=O) groups excluding carboxylic acids is 3. The average Bonchev–Trinajstić information content (AvgIpc) is 2.66. The van der Waals surface area contributed by atoms with E-state index in [0.717, 1.165) is 10.0 Å². The minimum atomic E-state index is -0.545. The van der Waals surface area contributed by atoms with Gasteiger partial charge in [0.15, 0.2) is 0 Å². The van der Waals surface area contributed by atoms with E-state index < -0.39 is 6.03 Å². The van der Waals surface area contributed by atoms with Gasteiger partial charge in [0.2, 0.25) is 5.91 Å². The molecule has 0 radical (unpaired) electrons. The van der Waals surface area contributed by atoms with Gasteiger partial charge in [0, 0.05) is 16.5 Å². The van der Waals surface area contributed by atoms with Crippen molar-refractivity contribution in [3.8, 4) is 0 Å². The number of fused-ring (bicyclic) bond motifs is 1. The van der Waals surface area contributed by atoms with Gasteiger partial charge in [-0.1, -0.05) is 15.9 Å². The van der Waals surface area contributed by atoms with Gasteiger partial charge in [-0.2, -0.15) is 0 Å². The molecule has 0 unspecified atom stereocenters. The van der Waals surface area contributed by atoms with Gasteiger partial charge in [-0.15, -0.1) is 0 Å². The van der Waals surface area contributed by atoms with E-state index in [4.69, 9.17) is 0 Å². The number of hydrogen-bond donors (Lipinski definition) is 1. The number of halogens is 1. The van der Waals surface area contributed by atoms with Crippen LogP contribution in [0, 0.1) is 0 Å². The molecule has 4 amide bonds. The van der Waals surface area contributed by atoms with Crippen LogP contribution in [0.15, 0.2) is 22.7 Å². The maximum Gasteiger partial charge on any atom is 0.342 e. The van der Waals surface area contributed by atoms with E-state index in [0.29, 0.717) is 12.1 Å². The van der Waals surface area contributed by atoms with Crippen molar-refractivity contribution in [1.82, 2.24) is 15.3 Å². The fourth-order valence-electron chi connectivity index (χ4n) is 2.25. The van der Waals surface area contributed by atoms with E-state index in [1.807, 2.05) is 6.07 Å². The van der Waals surface area contributed by atoms with Crippen LogP contribution in [0.4, 0.5) is 4.79 Å². The lowest BCUT2D eigenvalue weighted by molar-refractivity contribution is -0.123. The Bertz CT molecular complexity index is 602. The van der Waals surface area contributed by atoms with Gasteiger partial charge >= 0.3 is 6.03 Å². The number of hydrazine groups is 1. The van der Waals surface area contributed by atoms with Gasteiger partial charge in [0.1, 0.15) is 0 Å². The zero-order chi connectivity index (χ0) is 13.6. The largest absolute Gasteiger partial charge is 0.342 e. The minimum Gasteiger partial charge on any atom is -0.276 e. The number of imide groups is 1. The Balaban J connectivity index is 1.87. The highest BCUT2D eigenvalue weighted by Gasteiger charge is 2.36. The standard InChI is InChI=1S/C12H10BrN3O3/c13-8-1-2-9-7(5-8)6-16(11(9)18)15-4-3-10(17)14-12(15)19/h1-2,5H,3-4,6H2,(H,14,17,19). The minimum absolute atomic E-state index is 0.204. The van der Waals surface area contributed by atoms with Crippen LogP contribution in [-0.2, 0) is 11.3 Å². The molecule has 0 aromatic heterocycles. The summed E-state index contributed by atoms with van der Waals surface area (Å²) in [5, 5.41) is 4.87. The van der Waals surface area contributed by atoms with Crippen molar-refractivity contribution in [1.29, 1.82) is 0 Å². The molecule has 2 aliphatic heterocycles. The molecular formula is C12H10BrN3O3. The number of carbonyl (C=O) groups is 3. The summed E-state index contributed by atoms with van der Waals surface area (Å²) in [7, 11) is 0. The van der Waals surface area contributed by atoms with Crippen molar-refractivity contribution in [2.45, 2.75) is 13.0 Å². The lowest BCUT2D eigenvalue weighted by atomic mass is 10.1. The Morgan fingerprint density at radius 3 is 2.68 bits per heavy atom. The van der Waals surface area contributed by atoms with Gasteiger partial charge in [0.05, 0.1) is 13.1 Å². The van der Waals surface area contributed by atoms with Crippen molar-refractivity contribution in [2.24, 2.45) is 0 Å². The highest BCUT2D eigenvalue weighted by Crippen LogP contribution is 2.27. The van der Waals surface area contributed by atoms with E-state index >= 15 is 0 Å². The predicted octanol–water partition coefficient (Wildman–Crippen LogP) is 1.26. The monoisotopic (exact) mass is 323 g/mol. The third-order valence-corrected chi connectivity index (χ3v) is 3.67. The quantitative estimate of drug-likeness (QED) is 0.846. The van der Waals surface area contributed by atoms with E-state index in [1.54, 1.807) is 12.1 Å². The zero-order valence-corrected chi connectivity index (χ0v) is 11.4. The fourth-order valence-corrected chi connectivity index (χ4v) is 2.66. The van der Waals surface area contributed by atoms with Crippen molar-refractivity contribution >= 4 is 33.8 Å². The first-order valence-corrected chi connectivity index (χ1v) is 6.57. The molecule has 0 saturated carbocycles. The van der Waals surface area contributed by atoms with Crippen LogP contribution in [0.25, 0.3) is 0 Å².